The van der Waals surface area contributed by atoms with Crippen molar-refractivity contribution in [2.24, 2.45) is 4.99 Å². The number of rotatable bonds is 7. The van der Waals surface area contributed by atoms with E-state index in [2.05, 4.69) is 49.9 Å². The third kappa shape index (κ3) is 6.51. The molecule has 154 valence electrons. The maximum atomic E-state index is 5.73. The van der Waals surface area contributed by atoms with Crippen LogP contribution in [0.5, 0.6) is 5.88 Å². The summed E-state index contributed by atoms with van der Waals surface area (Å²) in [6.07, 6.45) is 4.95. The molecule has 0 unspecified atom stereocenters. The molecule has 0 atom stereocenters. The zero-order chi connectivity index (χ0) is 18.9. The van der Waals surface area contributed by atoms with E-state index in [9.17, 15) is 0 Å². The fraction of sp³-hybridized carbons (Fsp3) is 0.500. The summed E-state index contributed by atoms with van der Waals surface area (Å²) in [5, 5.41) is 10.5. The Balaban J connectivity index is 0.00000280. The van der Waals surface area contributed by atoms with Gasteiger partial charge >= 0.3 is 0 Å². The van der Waals surface area contributed by atoms with Crippen molar-refractivity contribution in [1.82, 2.24) is 15.6 Å². The Labute approximate surface area is 188 Å². The Bertz CT molecular complexity index is 717. The normalized spacial score (nSPS) is 15.1. The van der Waals surface area contributed by atoms with Crippen LogP contribution in [-0.2, 0) is 6.54 Å². The van der Waals surface area contributed by atoms with Gasteiger partial charge in [0.15, 0.2) is 5.96 Å². The summed E-state index contributed by atoms with van der Waals surface area (Å²) in [5.41, 5.74) is 1.04. The number of piperidine rings is 1. The molecule has 2 N–H and O–H groups in total. The molecule has 3 rings (SSSR count). The summed E-state index contributed by atoms with van der Waals surface area (Å²) in [5.74, 6) is 1.53. The number of hydrogen-bond donors (Lipinski definition) is 2. The molecule has 8 heteroatoms. The standard InChI is InChI=1S/C20H29N5OS.HI/c1-3-13-26-19-16(6-4-10-22-19)15-23-20(21-2)24-17-8-11-25(12-9-17)18-7-5-14-27-18;/h4-7,10,14,17H,3,8-9,11-13,15H2,1-2H3,(H2,21,23,24);1H. The van der Waals surface area contributed by atoms with Crippen molar-refractivity contribution in [3.05, 3.63) is 41.4 Å². The first-order chi connectivity index (χ1) is 13.3. The first kappa shape index (κ1) is 22.7. The number of nitrogens with zero attached hydrogens (tertiary/aromatic N) is 3. The van der Waals surface area contributed by atoms with Gasteiger partial charge in [0.25, 0.3) is 0 Å². The molecule has 1 aliphatic rings. The fourth-order valence-electron chi connectivity index (χ4n) is 3.15. The van der Waals surface area contributed by atoms with Crippen molar-refractivity contribution in [2.45, 2.75) is 38.8 Å². The van der Waals surface area contributed by atoms with E-state index in [1.807, 2.05) is 30.5 Å². The van der Waals surface area contributed by atoms with Gasteiger partial charge in [0.2, 0.25) is 5.88 Å². The van der Waals surface area contributed by atoms with Crippen LogP contribution in [0, 0.1) is 0 Å². The zero-order valence-corrected chi connectivity index (χ0v) is 19.7. The molecule has 0 spiro atoms. The number of hydrogen-bond acceptors (Lipinski definition) is 5. The van der Waals surface area contributed by atoms with Crippen LogP contribution in [0.25, 0.3) is 0 Å². The first-order valence-electron chi connectivity index (χ1n) is 9.62. The van der Waals surface area contributed by atoms with E-state index in [0.717, 1.165) is 43.9 Å². The summed E-state index contributed by atoms with van der Waals surface area (Å²) in [6, 6.07) is 8.74. The van der Waals surface area contributed by atoms with Crippen LogP contribution < -0.4 is 20.3 Å². The SMILES string of the molecule is CCCOc1ncccc1CNC(=NC)NC1CCN(c2cccs2)CC1.I. The number of anilines is 1. The second kappa shape index (κ2) is 12.1. The maximum absolute atomic E-state index is 5.73. The number of pyridine rings is 1. The predicted molar refractivity (Wildman–Crippen MR) is 128 cm³/mol. The highest BCUT2D eigenvalue weighted by molar-refractivity contribution is 14.0. The second-order valence-electron chi connectivity index (χ2n) is 6.60. The molecule has 1 saturated heterocycles. The number of thiophene rings is 1. The molecule has 0 aliphatic carbocycles. The molecule has 2 aromatic rings. The van der Waals surface area contributed by atoms with Crippen LogP contribution in [-0.4, -0.2) is 43.7 Å². The molecule has 0 radical (unpaired) electrons. The number of nitrogens with one attached hydrogen (secondary N) is 2. The van der Waals surface area contributed by atoms with Gasteiger partial charge in [-0.2, -0.15) is 0 Å². The van der Waals surface area contributed by atoms with Crippen molar-refractivity contribution in [2.75, 3.05) is 31.6 Å². The highest BCUT2D eigenvalue weighted by atomic mass is 127. The first-order valence-corrected chi connectivity index (χ1v) is 10.5. The monoisotopic (exact) mass is 515 g/mol. The van der Waals surface area contributed by atoms with Crippen LogP contribution in [0.15, 0.2) is 40.8 Å². The lowest BCUT2D eigenvalue weighted by molar-refractivity contribution is 0.301. The minimum atomic E-state index is 0. The number of guanidine groups is 1. The topological polar surface area (TPSA) is 61.8 Å². The van der Waals surface area contributed by atoms with E-state index >= 15 is 0 Å². The van der Waals surface area contributed by atoms with Crippen molar-refractivity contribution in [1.29, 1.82) is 0 Å². The van der Waals surface area contributed by atoms with E-state index < -0.39 is 0 Å². The molecular formula is C20H30IN5OS. The smallest absolute Gasteiger partial charge is 0.218 e. The predicted octanol–water partition coefficient (Wildman–Crippen LogP) is 3.88. The van der Waals surface area contributed by atoms with Crippen molar-refractivity contribution in [3.63, 3.8) is 0 Å². The van der Waals surface area contributed by atoms with Crippen molar-refractivity contribution in [3.8, 4) is 5.88 Å². The van der Waals surface area contributed by atoms with Crippen LogP contribution >= 0.6 is 35.3 Å². The Morgan fingerprint density at radius 2 is 2.14 bits per heavy atom. The van der Waals surface area contributed by atoms with Crippen molar-refractivity contribution < 1.29 is 4.74 Å². The van der Waals surface area contributed by atoms with Gasteiger partial charge in [0, 0.05) is 44.5 Å². The maximum Gasteiger partial charge on any atom is 0.218 e. The zero-order valence-electron chi connectivity index (χ0n) is 16.6. The second-order valence-corrected chi connectivity index (χ2v) is 7.52. The Morgan fingerprint density at radius 1 is 1.32 bits per heavy atom. The number of aromatic nitrogens is 1. The molecule has 2 aromatic heterocycles. The van der Waals surface area contributed by atoms with Gasteiger partial charge in [-0.15, -0.1) is 35.3 Å². The molecule has 0 aromatic carbocycles. The van der Waals surface area contributed by atoms with Crippen LogP contribution in [0.3, 0.4) is 0 Å². The molecule has 6 nitrogen and oxygen atoms in total. The fourth-order valence-corrected chi connectivity index (χ4v) is 3.93. The molecule has 1 fully saturated rings. The molecule has 28 heavy (non-hydrogen) atoms. The summed E-state index contributed by atoms with van der Waals surface area (Å²) < 4.78 is 5.73. The van der Waals surface area contributed by atoms with E-state index in [1.165, 1.54) is 5.00 Å². The van der Waals surface area contributed by atoms with Gasteiger partial charge in [0.05, 0.1) is 11.6 Å². The third-order valence-corrected chi connectivity index (χ3v) is 5.55. The largest absolute Gasteiger partial charge is 0.477 e. The Hall–Kier alpha value is -1.55. The lowest BCUT2D eigenvalue weighted by atomic mass is 10.1. The minimum Gasteiger partial charge on any atom is -0.477 e. The van der Waals surface area contributed by atoms with Gasteiger partial charge in [-0.1, -0.05) is 13.0 Å². The summed E-state index contributed by atoms with van der Waals surface area (Å²) in [6.45, 7) is 5.57. The average molecular weight is 515 g/mol. The summed E-state index contributed by atoms with van der Waals surface area (Å²) in [7, 11) is 1.81. The van der Waals surface area contributed by atoms with Gasteiger partial charge in [0.1, 0.15) is 0 Å². The third-order valence-electron chi connectivity index (χ3n) is 4.62. The van der Waals surface area contributed by atoms with Crippen LogP contribution in [0.2, 0.25) is 0 Å². The average Bonchev–Trinajstić information content (AvgIpc) is 3.25. The number of aliphatic imine (C=N–C) groups is 1. The van der Waals surface area contributed by atoms with Gasteiger partial charge in [-0.3, -0.25) is 4.99 Å². The van der Waals surface area contributed by atoms with Crippen LogP contribution in [0.4, 0.5) is 5.00 Å². The molecular weight excluding hydrogens is 485 g/mol. The van der Waals surface area contributed by atoms with E-state index in [1.54, 1.807) is 6.20 Å². The lowest BCUT2D eigenvalue weighted by Crippen LogP contribution is -2.48. The lowest BCUT2D eigenvalue weighted by Gasteiger charge is -2.33. The molecule has 0 saturated carbocycles. The van der Waals surface area contributed by atoms with Gasteiger partial charge in [-0.05, 0) is 42.8 Å². The summed E-state index contributed by atoms with van der Waals surface area (Å²) >= 11 is 1.81. The highest BCUT2D eigenvalue weighted by Crippen LogP contribution is 2.24. The molecule has 0 bridgehead atoms. The number of halogens is 1. The summed E-state index contributed by atoms with van der Waals surface area (Å²) in [4.78, 5) is 11.2. The number of ether oxygens (including phenoxy) is 1. The van der Waals surface area contributed by atoms with E-state index in [4.69, 9.17) is 4.74 Å². The minimum absolute atomic E-state index is 0. The Morgan fingerprint density at radius 3 is 2.82 bits per heavy atom. The van der Waals surface area contributed by atoms with E-state index in [0.29, 0.717) is 25.1 Å². The van der Waals surface area contributed by atoms with Crippen molar-refractivity contribution >= 4 is 46.3 Å². The quantitative estimate of drug-likeness (QED) is 0.333. The molecule has 0 amide bonds. The molecule has 1 aliphatic heterocycles. The van der Waals surface area contributed by atoms with Gasteiger partial charge in [-0.25, -0.2) is 4.98 Å². The molecule has 3 heterocycles. The highest BCUT2D eigenvalue weighted by Gasteiger charge is 2.20. The van der Waals surface area contributed by atoms with Gasteiger partial charge < -0.3 is 20.3 Å². The van der Waals surface area contributed by atoms with Crippen LogP contribution in [0.1, 0.15) is 31.7 Å². The van der Waals surface area contributed by atoms with E-state index in [-0.39, 0.29) is 24.0 Å². The Kier molecular flexibility index (Phi) is 9.83.